The largest absolute Gasteiger partial charge is 0.480 e. The van der Waals surface area contributed by atoms with Gasteiger partial charge in [-0.05, 0) is 20.3 Å². The van der Waals surface area contributed by atoms with Crippen molar-refractivity contribution in [3.8, 4) is 0 Å². The first-order valence-corrected chi connectivity index (χ1v) is 6.75. The Hall–Kier alpha value is -1.14. The highest BCUT2D eigenvalue weighted by atomic mass is 16.5. The highest BCUT2D eigenvalue weighted by Gasteiger charge is 2.43. The van der Waals surface area contributed by atoms with Crippen molar-refractivity contribution in [1.29, 1.82) is 0 Å². The highest BCUT2D eigenvalue weighted by molar-refractivity contribution is 5.81. The van der Waals surface area contributed by atoms with Gasteiger partial charge in [-0.1, -0.05) is 13.3 Å². The molecule has 110 valence electrons. The Bertz CT molecular complexity index is 327. The number of carbonyl (C=O) groups is 2. The minimum Gasteiger partial charge on any atom is -0.480 e. The number of carbonyl (C=O) groups excluding carboxylic acids is 1. The minimum atomic E-state index is -0.968. The molecule has 0 saturated carbocycles. The first-order valence-electron chi connectivity index (χ1n) is 6.75. The third-order valence-electron chi connectivity index (χ3n) is 3.38. The smallest absolute Gasteiger partial charge is 0.329 e. The lowest BCUT2D eigenvalue weighted by Gasteiger charge is -2.49. The normalized spacial score (nSPS) is 19.5. The number of hydrogen-bond donors (Lipinski definition) is 2. The van der Waals surface area contributed by atoms with Crippen LogP contribution < -0.4 is 5.32 Å². The number of carboxylic acids is 1. The lowest BCUT2D eigenvalue weighted by molar-refractivity contribution is -0.171. The molecule has 6 nitrogen and oxygen atoms in total. The molecule has 0 aromatic heterocycles. The van der Waals surface area contributed by atoms with E-state index < -0.39 is 11.6 Å². The van der Waals surface area contributed by atoms with Crippen LogP contribution in [-0.2, 0) is 14.3 Å². The van der Waals surface area contributed by atoms with Crippen LogP contribution in [0, 0.1) is 0 Å². The molecule has 19 heavy (non-hydrogen) atoms. The van der Waals surface area contributed by atoms with E-state index in [4.69, 9.17) is 9.84 Å². The number of rotatable bonds is 8. The number of aliphatic carboxylic acids is 1. The molecule has 1 saturated heterocycles. The Labute approximate surface area is 114 Å². The molecular weight excluding hydrogens is 248 g/mol. The molecule has 0 spiro atoms. The first-order chi connectivity index (χ1) is 8.88. The average molecular weight is 272 g/mol. The third-order valence-corrected chi connectivity index (χ3v) is 3.38. The molecule has 0 bridgehead atoms. The van der Waals surface area contributed by atoms with Crippen LogP contribution in [-0.4, -0.2) is 59.8 Å². The maximum Gasteiger partial charge on any atom is 0.329 e. The summed E-state index contributed by atoms with van der Waals surface area (Å²) in [5.41, 5.74) is -0.448. The molecule has 0 aromatic carbocycles. The van der Waals surface area contributed by atoms with Gasteiger partial charge < -0.3 is 15.2 Å². The van der Waals surface area contributed by atoms with Gasteiger partial charge in [-0.15, -0.1) is 0 Å². The molecule has 0 aromatic rings. The summed E-state index contributed by atoms with van der Waals surface area (Å²) < 4.78 is 5.31. The van der Waals surface area contributed by atoms with Crippen molar-refractivity contribution < 1.29 is 19.4 Å². The molecule has 1 atom stereocenters. The van der Waals surface area contributed by atoms with Crippen molar-refractivity contribution in [2.75, 3.05) is 26.2 Å². The van der Waals surface area contributed by atoms with Gasteiger partial charge >= 0.3 is 5.97 Å². The van der Waals surface area contributed by atoms with Crippen LogP contribution >= 0.6 is 0 Å². The Kier molecular flexibility index (Phi) is 5.75. The van der Waals surface area contributed by atoms with Crippen LogP contribution in [0.5, 0.6) is 0 Å². The summed E-state index contributed by atoms with van der Waals surface area (Å²) >= 11 is 0. The predicted molar refractivity (Wildman–Crippen MR) is 70.9 cm³/mol. The number of nitrogens with one attached hydrogen (secondary N) is 1. The second-order valence-corrected chi connectivity index (χ2v) is 5.36. The van der Waals surface area contributed by atoms with E-state index in [2.05, 4.69) is 12.2 Å². The summed E-state index contributed by atoms with van der Waals surface area (Å²) in [6.07, 6.45) is 2.04. The number of nitrogens with zero attached hydrogens (tertiary/aromatic N) is 1. The maximum atomic E-state index is 11.8. The number of likely N-dealkylation sites (tertiary alicyclic amines) is 1. The van der Waals surface area contributed by atoms with Gasteiger partial charge in [0.15, 0.2) is 0 Å². The van der Waals surface area contributed by atoms with E-state index in [1.54, 1.807) is 0 Å². The topological polar surface area (TPSA) is 78.9 Å². The van der Waals surface area contributed by atoms with E-state index in [1.165, 1.54) is 0 Å². The molecule has 1 aliphatic rings. The Morgan fingerprint density at radius 2 is 2.11 bits per heavy atom. The Morgan fingerprint density at radius 1 is 1.47 bits per heavy atom. The van der Waals surface area contributed by atoms with E-state index in [0.29, 0.717) is 19.6 Å². The van der Waals surface area contributed by atoms with E-state index in [1.807, 2.05) is 18.7 Å². The van der Waals surface area contributed by atoms with Gasteiger partial charge in [-0.25, -0.2) is 4.79 Å². The fourth-order valence-corrected chi connectivity index (χ4v) is 2.12. The number of hydrogen-bond acceptors (Lipinski definition) is 4. The summed E-state index contributed by atoms with van der Waals surface area (Å²) in [6, 6.07) is -0.196. The molecule has 6 heteroatoms. The number of carboxylic acid groups (broad SMARTS) is 1. The summed E-state index contributed by atoms with van der Waals surface area (Å²) in [5, 5.41) is 11.5. The van der Waals surface area contributed by atoms with Crippen molar-refractivity contribution in [3.05, 3.63) is 0 Å². The van der Waals surface area contributed by atoms with E-state index in [9.17, 15) is 9.59 Å². The van der Waals surface area contributed by atoms with Gasteiger partial charge in [-0.2, -0.15) is 0 Å². The van der Waals surface area contributed by atoms with Crippen LogP contribution in [0.15, 0.2) is 0 Å². The summed E-state index contributed by atoms with van der Waals surface area (Å²) in [6.45, 7) is 7.40. The molecule has 1 rings (SSSR count). The molecule has 0 aliphatic carbocycles. The zero-order chi connectivity index (χ0) is 14.5. The van der Waals surface area contributed by atoms with Gasteiger partial charge in [0.05, 0.1) is 11.6 Å². The number of amides is 1. The second kappa shape index (κ2) is 6.86. The summed E-state index contributed by atoms with van der Waals surface area (Å²) in [4.78, 5) is 24.3. The molecule has 0 radical (unpaired) electrons. The van der Waals surface area contributed by atoms with Crippen LogP contribution in [0.2, 0.25) is 0 Å². The lowest BCUT2D eigenvalue weighted by Crippen LogP contribution is -2.66. The van der Waals surface area contributed by atoms with Crippen LogP contribution in [0.1, 0.15) is 33.6 Å². The van der Waals surface area contributed by atoms with Crippen molar-refractivity contribution in [2.45, 2.75) is 45.3 Å². The SMILES string of the molecule is CCCCNC(=O)C(C)N1CC(C)(OCC(=O)O)C1. The molecule has 1 heterocycles. The Balaban J connectivity index is 2.28. The highest BCUT2D eigenvalue weighted by Crippen LogP contribution is 2.26. The zero-order valence-electron chi connectivity index (χ0n) is 11.9. The number of unbranched alkanes of at least 4 members (excludes halogenated alkanes) is 1. The van der Waals surface area contributed by atoms with E-state index in [0.717, 1.165) is 12.8 Å². The molecule has 1 unspecified atom stereocenters. The number of ether oxygens (including phenoxy) is 1. The first kappa shape index (κ1) is 15.9. The fourth-order valence-electron chi connectivity index (χ4n) is 2.12. The quantitative estimate of drug-likeness (QED) is 0.628. The second-order valence-electron chi connectivity index (χ2n) is 5.36. The maximum absolute atomic E-state index is 11.8. The van der Waals surface area contributed by atoms with Gasteiger partial charge in [0.1, 0.15) is 6.61 Å². The van der Waals surface area contributed by atoms with Crippen LogP contribution in [0.4, 0.5) is 0 Å². The molecule has 2 N–H and O–H groups in total. The van der Waals surface area contributed by atoms with Crippen molar-refractivity contribution in [1.82, 2.24) is 10.2 Å². The van der Waals surface area contributed by atoms with E-state index >= 15 is 0 Å². The molecule has 1 amide bonds. The molecule has 1 aliphatic heterocycles. The van der Waals surface area contributed by atoms with Crippen molar-refractivity contribution in [3.63, 3.8) is 0 Å². The van der Waals surface area contributed by atoms with Crippen molar-refractivity contribution >= 4 is 11.9 Å². The van der Waals surface area contributed by atoms with Gasteiger partial charge in [-0.3, -0.25) is 9.69 Å². The summed E-state index contributed by atoms with van der Waals surface area (Å²) in [7, 11) is 0. The Morgan fingerprint density at radius 3 is 2.63 bits per heavy atom. The van der Waals surface area contributed by atoms with Gasteiger partial charge in [0.2, 0.25) is 5.91 Å². The van der Waals surface area contributed by atoms with Crippen molar-refractivity contribution in [2.24, 2.45) is 0 Å². The average Bonchev–Trinajstić information content (AvgIpc) is 2.32. The standard InChI is InChI=1S/C13H24N2O4/c1-4-5-6-14-12(18)10(2)15-8-13(3,9-15)19-7-11(16)17/h10H,4-9H2,1-3H3,(H,14,18)(H,16,17). The van der Waals surface area contributed by atoms with Crippen LogP contribution in [0.3, 0.4) is 0 Å². The van der Waals surface area contributed by atoms with Gasteiger partial charge in [0.25, 0.3) is 0 Å². The summed E-state index contributed by atoms with van der Waals surface area (Å²) in [5.74, 6) is -0.946. The predicted octanol–water partition coefficient (Wildman–Crippen LogP) is 0.467. The minimum absolute atomic E-state index is 0.0220. The third kappa shape index (κ3) is 4.80. The zero-order valence-corrected chi connectivity index (χ0v) is 11.9. The van der Waals surface area contributed by atoms with Gasteiger partial charge in [0, 0.05) is 19.6 Å². The molecule has 1 fully saturated rings. The molecular formula is C13H24N2O4. The monoisotopic (exact) mass is 272 g/mol. The van der Waals surface area contributed by atoms with E-state index in [-0.39, 0.29) is 18.6 Å². The van der Waals surface area contributed by atoms with Crippen LogP contribution in [0.25, 0.3) is 0 Å². The fraction of sp³-hybridized carbons (Fsp3) is 0.846. The lowest BCUT2D eigenvalue weighted by atomic mass is 9.94.